The van der Waals surface area contributed by atoms with Crippen molar-refractivity contribution in [1.82, 2.24) is 30.1 Å². The number of benzene rings is 1. The molecule has 1 aliphatic heterocycles. The Bertz CT molecular complexity index is 869. The van der Waals surface area contributed by atoms with Gasteiger partial charge < -0.3 is 14.6 Å². The second-order valence-corrected chi connectivity index (χ2v) is 6.72. The number of amides is 1. The second kappa shape index (κ2) is 7.71. The number of para-hydroxylation sites is 1. The Morgan fingerprint density at radius 1 is 1.11 bits per heavy atom. The average Bonchev–Trinajstić information content (AvgIpc) is 3.40. The number of aromatic nitrogens is 5. The van der Waals surface area contributed by atoms with Crippen LogP contribution in [0.25, 0.3) is 5.69 Å². The van der Waals surface area contributed by atoms with Crippen molar-refractivity contribution < 1.29 is 9.53 Å². The fourth-order valence-electron chi connectivity index (χ4n) is 3.55. The highest BCUT2D eigenvalue weighted by Crippen LogP contribution is 2.32. The van der Waals surface area contributed by atoms with Gasteiger partial charge in [-0.05, 0) is 47.5 Å². The summed E-state index contributed by atoms with van der Waals surface area (Å²) in [5, 5.41) is 14.8. The van der Waals surface area contributed by atoms with Gasteiger partial charge in [-0.2, -0.15) is 4.68 Å². The van der Waals surface area contributed by atoms with E-state index in [2.05, 4.69) is 25.4 Å². The molecule has 0 saturated carbocycles. The first-order valence-corrected chi connectivity index (χ1v) is 9.07. The summed E-state index contributed by atoms with van der Waals surface area (Å²) in [5.74, 6) is 0.574. The summed E-state index contributed by atoms with van der Waals surface area (Å²) < 4.78 is 9.29. The smallest absolute Gasteiger partial charge is 0.222 e. The minimum Gasteiger partial charge on any atom is -0.381 e. The molecule has 0 atom stereocenters. The molecule has 0 unspecified atom stereocenters. The van der Waals surface area contributed by atoms with Crippen LogP contribution >= 0.6 is 0 Å². The number of nitrogens with one attached hydrogen (secondary N) is 1. The van der Waals surface area contributed by atoms with Gasteiger partial charge in [0.15, 0.2) is 5.82 Å². The number of carbonyl (C=O) groups is 1. The highest BCUT2D eigenvalue weighted by atomic mass is 16.5. The monoisotopic (exact) mass is 366 g/mol. The van der Waals surface area contributed by atoms with Gasteiger partial charge in [-0.3, -0.25) is 4.79 Å². The third kappa shape index (κ3) is 3.75. The van der Waals surface area contributed by atoms with Crippen molar-refractivity contribution in [2.45, 2.75) is 31.3 Å². The summed E-state index contributed by atoms with van der Waals surface area (Å²) in [5.41, 5.74) is 0.622. The molecule has 140 valence electrons. The predicted octanol–water partition coefficient (Wildman–Crippen LogP) is 1.68. The van der Waals surface area contributed by atoms with E-state index in [0.717, 1.165) is 18.5 Å². The number of tetrazole rings is 1. The van der Waals surface area contributed by atoms with Gasteiger partial charge in [0.25, 0.3) is 0 Å². The van der Waals surface area contributed by atoms with Gasteiger partial charge in [-0.1, -0.05) is 18.2 Å². The van der Waals surface area contributed by atoms with Crippen LogP contribution in [0.3, 0.4) is 0 Å². The number of rotatable bonds is 6. The van der Waals surface area contributed by atoms with Gasteiger partial charge >= 0.3 is 0 Å². The lowest BCUT2D eigenvalue weighted by molar-refractivity contribution is -0.124. The van der Waals surface area contributed by atoms with Crippen molar-refractivity contribution in [1.29, 1.82) is 0 Å². The molecule has 4 rings (SSSR count). The Hall–Kier alpha value is -3.00. The first kappa shape index (κ1) is 17.4. The highest BCUT2D eigenvalue weighted by Gasteiger charge is 2.36. The van der Waals surface area contributed by atoms with Crippen molar-refractivity contribution in [3.05, 3.63) is 60.7 Å². The van der Waals surface area contributed by atoms with E-state index >= 15 is 0 Å². The van der Waals surface area contributed by atoms with Crippen molar-refractivity contribution in [3.63, 3.8) is 0 Å². The Morgan fingerprint density at radius 3 is 2.59 bits per heavy atom. The third-order valence-corrected chi connectivity index (χ3v) is 5.04. The molecular formula is C19H22N6O2. The molecule has 2 aromatic heterocycles. The zero-order chi connectivity index (χ0) is 18.5. The van der Waals surface area contributed by atoms with Crippen molar-refractivity contribution >= 4 is 5.91 Å². The summed E-state index contributed by atoms with van der Waals surface area (Å²) in [6.07, 6.45) is 6.08. The lowest BCUT2D eigenvalue weighted by Gasteiger charge is -2.38. The topological polar surface area (TPSA) is 86.9 Å². The first-order chi connectivity index (χ1) is 13.3. The molecule has 0 aliphatic carbocycles. The molecule has 0 bridgehead atoms. The Balaban J connectivity index is 1.44. The first-order valence-electron chi connectivity index (χ1n) is 9.07. The number of hydrogen-bond donors (Lipinski definition) is 1. The molecule has 1 amide bonds. The summed E-state index contributed by atoms with van der Waals surface area (Å²) in [6.45, 7) is 1.61. The lowest BCUT2D eigenvalue weighted by atomic mass is 9.86. The quantitative estimate of drug-likeness (QED) is 0.717. The predicted molar refractivity (Wildman–Crippen MR) is 98.1 cm³/mol. The number of ether oxygens (including phenoxy) is 1. The van der Waals surface area contributed by atoms with E-state index in [1.165, 1.54) is 0 Å². The SMILES string of the molecule is O=C(CC1(n2cccc2)CCOCC1)NCc1nnnn1-c1ccccc1. The molecule has 0 radical (unpaired) electrons. The van der Waals surface area contributed by atoms with Crippen LogP contribution in [0.5, 0.6) is 0 Å². The Kier molecular flexibility index (Phi) is 4.97. The Labute approximate surface area is 157 Å². The van der Waals surface area contributed by atoms with E-state index in [-0.39, 0.29) is 18.0 Å². The summed E-state index contributed by atoms with van der Waals surface area (Å²) in [7, 11) is 0. The molecule has 8 nitrogen and oxygen atoms in total. The molecule has 8 heteroatoms. The summed E-state index contributed by atoms with van der Waals surface area (Å²) in [6, 6.07) is 13.6. The molecule has 27 heavy (non-hydrogen) atoms. The van der Waals surface area contributed by atoms with E-state index < -0.39 is 0 Å². The van der Waals surface area contributed by atoms with Gasteiger partial charge in [0, 0.05) is 25.6 Å². The summed E-state index contributed by atoms with van der Waals surface area (Å²) >= 11 is 0. The van der Waals surface area contributed by atoms with Crippen LogP contribution in [0, 0.1) is 0 Å². The maximum absolute atomic E-state index is 12.7. The van der Waals surface area contributed by atoms with Crippen molar-refractivity contribution in [2.24, 2.45) is 0 Å². The number of hydrogen-bond acceptors (Lipinski definition) is 5. The fourth-order valence-corrected chi connectivity index (χ4v) is 3.55. The molecule has 0 spiro atoms. The standard InChI is InChI=1S/C19H22N6O2/c26-18(14-19(8-12-27-13-9-19)24-10-4-5-11-24)20-15-17-21-22-23-25(17)16-6-2-1-3-7-16/h1-7,10-11H,8-9,12-15H2,(H,20,26). The van der Waals surface area contributed by atoms with Gasteiger partial charge in [0.05, 0.1) is 24.2 Å². The van der Waals surface area contributed by atoms with E-state index in [9.17, 15) is 4.79 Å². The molecular weight excluding hydrogens is 344 g/mol. The second-order valence-electron chi connectivity index (χ2n) is 6.72. The van der Waals surface area contributed by atoms with Gasteiger partial charge in [0.1, 0.15) is 0 Å². The molecule has 3 aromatic rings. The largest absolute Gasteiger partial charge is 0.381 e. The Morgan fingerprint density at radius 2 is 1.85 bits per heavy atom. The van der Waals surface area contributed by atoms with Crippen molar-refractivity contribution in [3.8, 4) is 5.69 Å². The minimum atomic E-state index is -0.239. The zero-order valence-electron chi connectivity index (χ0n) is 15.0. The van der Waals surface area contributed by atoms with Gasteiger partial charge in [0.2, 0.25) is 5.91 Å². The van der Waals surface area contributed by atoms with Crippen LogP contribution in [0.15, 0.2) is 54.9 Å². The fraction of sp³-hybridized carbons (Fsp3) is 0.368. The third-order valence-electron chi connectivity index (χ3n) is 5.04. The number of carbonyl (C=O) groups excluding carboxylic acids is 1. The van der Waals surface area contributed by atoms with E-state index in [1.807, 2.05) is 54.9 Å². The molecule has 3 heterocycles. The molecule has 1 saturated heterocycles. The molecule has 1 fully saturated rings. The lowest BCUT2D eigenvalue weighted by Crippen LogP contribution is -2.43. The van der Waals surface area contributed by atoms with Crippen LogP contribution < -0.4 is 5.32 Å². The maximum Gasteiger partial charge on any atom is 0.222 e. The molecule has 1 N–H and O–H groups in total. The molecule has 1 aliphatic rings. The number of nitrogens with zero attached hydrogens (tertiary/aromatic N) is 5. The van der Waals surface area contributed by atoms with Crippen LogP contribution in [-0.2, 0) is 21.6 Å². The minimum absolute atomic E-state index is 0.0202. The zero-order valence-corrected chi connectivity index (χ0v) is 15.0. The van der Waals surface area contributed by atoms with Crippen LogP contribution in [0.2, 0.25) is 0 Å². The van der Waals surface area contributed by atoms with E-state index in [0.29, 0.717) is 25.5 Å². The van der Waals surface area contributed by atoms with Crippen LogP contribution in [0.1, 0.15) is 25.1 Å². The molecule has 1 aromatic carbocycles. The normalized spacial score (nSPS) is 16.1. The van der Waals surface area contributed by atoms with Crippen molar-refractivity contribution in [2.75, 3.05) is 13.2 Å². The summed E-state index contributed by atoms with van der Waals surface area (Å²) in [4.78, 5) is 12.7. The maximum atomic E-state index is 12.7. The average molecular weight is 366 g/mol. The highest BCUT2D eigenvalue weighted by molar-refractivity contribution is 5.76. The van der Waals surface area contributed by atoms with E-state index in [4.69, 9.17) is 4.74 Å². The van der Waals surface area contributed by atoms with Gasteiger partial charge in [-0.15, -0.1) is 5.10 Å². The van der Waals surface area contributed by atoms with Gasteiger partial charge in [-0.25, -0.2) is 0 Å². The van der Waals surface area contributed by atoms with Crippen LogP contribution in [0.4, 0.5) is 0 Å². The van der Waals surface area contributed by atoms with E-state index in [1.54, 1.807) is 4.68 Å². The van der Waals surface area contributed by atoms with Crippen LogP contribution in [-0.4, -0.2) is 43.9 Å².